The second kappa shape index (κ2) is 8.50. The Morgan fingerprint density at radius 3 is 2.73 bits per heavy atom. The van der Waals surface area contributed by atoms with Gasteiger partial charge in [0.1, 0.15) is 5.75 Å². The summed E-state index contributed by atoms with van der Waals surface area (Å²) in [7, 11) is 1.91. The smallest absolute Gasteiger partial charge is 0.267 e. The first-order valence-corrected chi connectivity index (χ1v) is 7.71. The van der Waals surface area contributed by atoms with Gasteiger partial charge in [0.25, 0.3) is 5.89 Å². The Hall–Kier alpha value is -1.11. The third-order valence-corrected chi connectivity index (χ3v) is 3.82. The average Bonchev–Trinajstić information content (AvgIpc) is 2.90. The van der Waals surface area contributed by atoms with Gasteiger partial charge < -0.3 is 14.6 Å². The highest BCUT2D eigenvalue weighted by Gasteiger charge is 2.18. The lowest BCUT2D eigenvalue weighted by atomic mass is 10.2. The van der Waals surface area contributed by atoms with Gasteiger partial charge in [-0.25, -0.2) is 0 Å². The molecule has 1 aromatic heterocycles. The van der Waals surface area contributed by atoms with E-state index in [9.17, 15) is 0 Å². The molecule has 2 atom stereocenters. The van der Waals surface area contributed by atoms with Crippen LogP contribution in [-0.2, 0) is 6.42 Å². The van der Waals surface area contributed by atoms with Gasteiger partial charge in [0, 0.05) is 12.5 Å². The van der Waals surface area contributed by atoms with E-state index in [0.29, 0.717) is 17.8 Å². The molecule has 0 bridgehead atoms. The number of halogens is 2. The van der Waals surface area contributed by atoms with Crippen molar-refractivity contribution < 1.29 is 9.26 Å². The van der Waals surface area contributed by atoms with E-state index in [4.69, 9.17) is 9.26 Å². The summed E-state index contributed by atoms with van der Waals surface area (Å²) in [6.07, 6.45) is 0.427. The van der Waals surface area contributed by atoms with Crippen molar-refractivity contribution in [3.05, 3.63) is 40.0 Å². The highest BCUT2D eigenvalue weighted by molar-refractivity contribution is 9.10. The fraction of sp³-hybridized carbons (Fsp3) is 0.467. The quantitative estimate of drug-likeness (QED) is 0.811. The number of ether oxygens (including phenoxy) is 1. The number of hydrogen-bond donors (Lipinski definition) is 1. The molecule has 0 aliphatic carbocycles. The third kappa shape index (κ3) is 4.97. The molecule has 0 aliphatic rings. The fourth-order valence-corrected chi connectivity index (χ4v) is 2.42. The van der Waals surface area contributed by atoms with Crippen LogP contribution in [0.4, 0.5) is 0 Å². The number of benzene rings is 1. The zero-order valence-corrected chi connectivity index (χ0v) is 15.5. The van der Waals surface area contributed by atoms with Crippen LogP contribution >= 0.6 is 28.3 Å². The molecular formula is C15H21BrClN3O2. The number of rotatable bonds is 6. The van der Waals surface area contributed by atoms with Crippen LogP contribution in [0.2, 0.25) is 0 Å². The zero-order chi connectivity index (χ0) is 15.4. The van der Waals surface area contributed by atoms with E-state index in [0.717, 1.165) is 16.6 Å². The topological polar surface area (TPSA) is 60.2 Å². The van der Waals surface area contributed by atoms with Gasteiger partial charge >= 0.3 is 0 Å². The van der Waals surface area contributed by atoms with Crippen LogP contribution in [0.25, 0.3) is 0 Å². The van der Waals surface area contributed by atoms with E-state index in [1.165, 1.54) is 5.56 Å². The van der Waals surface area contributed by atoms with Crippen LogP contribution in [0.3, 0.4) is 0 Å². The van der Waals surface area contributed by atoms with Gasteiger partial charge in [0.15, 0.2) is 11.9 Å². The predicted molar refractivity (Wildman–Crippen MR) is 91.7 cm³/mol. The van der Waals surface area contributed by atoms with Gasteiger partial charge in [-0.15, -0.1) is 12.4 Å². The second-order valence-electron chi connectivity index (χ2n) is 5.14. The van der Waals surface area contributed by atoms with E-state index >= 15 is 0 Å². The number of aryl methyl sites for hydroxylation is 1. The predicted octanol–water partition coefficient (Wildman–Crippen LogP) is 3.85. The molecule has 0 amide bonds. The molecule has 2 unspecified atom stereocenters. The van der Waals surface area contributed by atoms with Crippen molar-refractivity contribution in [3.8, 4) is 5.75 Å². The summed E-state index contributed by atoms with van der Waals surface area (Å²) in [6.45, 7) is 6.00. The number of nitrogens with one attached hydrogen (secondary N) is 1. The van der Waals surface area contributed by atoms with Crippen molar-refractivity contribution in [1.29, 1.82) is 0 Å². The van der Waals surface area contributed by atoms with Crippen LogP contribution in [0.1, 0.15) is 37.2 Å². The Balaban J connectivity index is 0.00000242. The molecule has 2 aromatic rings. The Labute approximate surface area is 145 Å². The van der Waals surface area contributed by atoms with Crippen LogP contribution in [-0.4, -0.2) is 23.2 Å². The van der Waals surface area contributed by atoms with Crippen LogP contribution < -0.4 is 10.1 Å². The van der Waals surface area contributed by atoms with Crippen molar-refractivity contribution in [3.63, 3.8) is 0 Å². The molecular weight excluding hydrogens is 370 g/mol. The minimum absolute atomic E-state index is 0. The van der Waals surface area contributed by atoms with Gasteiger partial charge in [0.05, 0.1) is 4.47 Å². The van der Waals surface area contributed by atoms with E-state index in [1.54, 1.807) is 0 Å². The molecule has 1 aromatic carbocycles. The van der Waals surface area contributed by atoms with Crippen molar-refractivity contribution in [2.24, 2.45) is 0 Å². The maximum absolute atomic E-state index is 5.87. The molecule has 7 heteroatoms. The van der Waals surface area contributed by atoms with Gasteiger partial charge in [-0.2, -0.15) is 4.98 Å². The molecule has 5 nitrogen and oxygen atoms in total. The maximum Gasteiger partial charge on any atom is 0.267 e. The van der Waals surface area contributed by atoms with Crippen LogP contribution in [0.15, 0.2) is 27.2 Å². The Kier molecular flexibility index (Phi) is 7.32. The zero-order valence-electron chi connectivity index (χ0n) is 13.1. The minimum atomic E-state index is -0.296. The Morgan fingerprint density at radius 1 is 1.36 bits per heavy atom. The van der Waals surface area contributed by atoms with Crippen molar-refractivity contribution >= 4 is 28.3 Å². The average molecular weight is 391 g/mol. The molecule has 0 spiro atoms. The molecule has 2 rings (SSSR count). The number of hydrogen-bond acceptors (Lipinski definition) is 5. The molecule has 0 aliphatic heterocycles. The molecule has 122 valence electrons. The van der Waals surface area contributed by atoms with Gasteiger partial charge in [0.2, 0.25) is 0 Å². The summed E-state index contributed by atoms with van der Waals surface area (Å²) in [5, 5.41) is 7.13. The van der Waals surface area contributed by atoms with Crippen molar-refractivity contribution in [1.82, 2.24) is 15.5 Å². The minimum Gasteiger partial charge on any atom is -0.480 e. The summed E-state index contributed by atoms with van der Waals surface area (Å²) in [4.78, 5) is 4.38. The largest absolute Gasteiger partial charge is 0.480 e. The first kappa shape index (κ1) is 18.9. The number of likely N-dealkylation sites (N-methyl/N-ethyl adjacent to an activating group) is 1. The van der Waals surface area contributed by atoms with E-state index < -0.39 is 0 Å². The Morgan fingerprint density at radius 2 is 2.09 bits per heavy atom. The standard InChI is InChI=1S/C15H20BrN3O2.ClH/c1-9-5-6-13(12(16)7-9)20-11(3)15-18-14(19-21-15)8-10(2)17-4;/h5-7,10-11,17H,8H2,1-4H3;1H. The maximum atomic E-state index is 5.87. The van der Waals surface area contributed by atoms with Gasteiger partial charge in [-0.1, -0.05) is 11.2 Å². The molecule has 0 saturated carbocycles. The van der Waals surface area contributed by atoms with Crippen LogP contribution in [0, 0.1) is 6.92 Å². The van der Waals surface area contributed by atoms with Crippen LogP contribution in [0.5, 0.6) is 5.75 Å². The fourth-order valence-electron chi connectivity index (χ4n) is 1.83. The highest BCUT2D eigenvalue weighted by atomic mass is 79.9. The van der Waals surface area contributed by atoms with E-state index in [1.807, 2.05) is 39.1 Å². The first-order chi connectivity index (χ1) is 9.99. The van der Waals surface area contributed by atoms with E-state index in [-0.39, 0.29) is 18.5 Å². The third-order valence-electron chi connectivity index (χ3n) is 3.20. The second-order valence-corrected chi connectivity index (χ2v) is 5.99. The summed E-state index contributed by atoms with van der Waals surface area (Å²) in [5.41, 5.74) is 1.17. The molecule has 0 fully saturated rings. The molecule has 22 heavy (non-hydrogen) atoms. The summed E-state index contributed by atoms with van der Waals surface area (Å²) in [6, 6.07) is 6.24. The Bertz CT molecular complexity index is 606. The molecule has 1 N–H and O–H groups in total. The lowest BCUT2D eigenvalue weighted by Crippen LogP contribution is -2.24. The van der Waals surface area contributed by atoms with Gasteiger partial charge in [-0.3, -0.25) is 0 Å². The SMILES string of the molecule is CNC(C)Cc1noc(C(C)Oc2ccc(C)cc2Br)n1.Cl. The lowest BCUT2D eigenvalue weighted by molar-refractivity contribution is 0.174. The summed E-state index contributed by atoms with van der Waals surface area (Å²) < 4.78 is 12.1. The van der Waals surface area contributed by atoms with E-state index in [2.05, 4.69) is 38.3 Å². The number of aromatic nitrogens is 2. The van der Waals surface area contributed by atoms with Crippen molar-refractivity contribution in [2.75, 3.05) is 7.05 Å². The lowest BCUT2D eigenvalue weighted by Gasteiger charge is -2.12. The van der Waals surface area contributed by atoms with Gasteiger partial charge in [-0.05, 0) is 61.4 Å². The normalized spacial score (nSPS) is 13.3. The first-order valence-electron chi connectivity index (χ1n) is 6.92. The summed E-state index contributed by atoms with van der Waals surface area (Å²) in [5.74, 6) is 1.93. The summed E-state index contributed by atoms with van der Waals surface area (Å²) >= 11 is 3.50. The highest BCUT2D eigenvalue weighted by Crippen LogP contribution is 2.29. The van der Waals surface area contributed by atoms with Crippen molar-refractivity contribution in [2.45, 2.75) is 39.3 Å². The number of nitrogens with zero attached hydrogens (tertiary/aromatic N) is 2. The molecule has 1 heterocycles. The monoisotopic (exact) mass is 389 g/mol. The molecule has 0 radical (unpaired) electrons. The molecule has 0 saturated heterocycles.